The summed E-state index contributed by atoms with van der Waals surface area (Å²) in [5.41, 5.74) is 0.661. The summed E-state index contributed by atoms with van der Waals surface area (Å²) in [7, 11) is 0. The third-order valence-electron chi connectivity index (χ3n) is 2.76. The van der Waals surface area contributed by atoms with Gasteiger partial charge in [0.05, 0.1) is 5.69 Å². The van der Waals surface area contributed by atoms with Crippen molar-refractivity contribution in [1.82, 2.24) is 14.7 Å². The summed E-state index contributed by atoms with van der Waals surface area (Å²) in [5.74, 6) is -1.07. The number of nitrogens with one attached hydrogen (secondary N) is 1. The molecule has 0 saturated heterocycles. The van der Waals surface area contributed by atoms with E-state index < -0.39 is 5.97 Å². The van der Waals surface area contributed by atoms with Gasteiger partial charge in [-0.05, 0) is 18.9 Å². The molecule has 1 amide bonds. The van der Waals surface area contributed by atoms with E-state index in [9.17, 15) is 9.59 Å². The number of carboxylic acid groups (broad SMARTS) is 1. The fourth-order valence-corrected chi connectivity index (χ4v) is 2.76. The fourth-order valence-electron chi connectivity index (χ4n) is 1.75. The summed E-state index contributed by atoms with van der Waals surface area (Å²) in [6, 6.07) is 0. The van der Waals surface area contributed by atoms with Crippen molar-refractivity contribution in [3.8, 4) is 0 Å². The maximum absolute atomic E-state index is 11.6. The molecule has 0 unspecified atom stereocenters. The Balaban J connectivity index is 1.83. The zero-order valence-electron chi connectivity index (χ0n) is 11.1. The van der Waals surface area contributed by atoms with E-state index in [-0.39, 0.29) is 12.3 Å². The van der Waals surface area contributed by atoms with E-state index in [0.717, 1.165) is 4.96 Å². The van der Waals surface area contributed by atoms with Crippen molar-refractivity contribution in [2.75, 3.05) is 6.54 Å². The minimum absolute atomic E-state index is 0.118. The molecule has 2 aromatic rings. The molecule has 0 spiro atoms. The number of imidazole rings is 1. The number of unbranched alkanes of at least 4 members (excludes halogenated alkanes) is 1. The molecule has 112 valence electrons. The third kappa shape index (κ3) is 4.30. The zero-order chi connectivity index (χ0) is 15.2. The second-order valence-corrected chi connectivity index (χ2v) is 5.55. The molecular formula is C13H14ClN3O3S. The number of carbonyl (C=O) groups is 2. The molecular weight excluding hydrogens is 314 g/mol. The van der Waals surface area contributed by atoms with Crippen LogP contribution in [0.2, 0.25) is 5.15 Å². The molecule has 0 aliphatic heterocycles. The number of fused-ring (bicyclic) bond motifs is 1. The second-order valence-electron chi connectivity index (χ2n) is 4.32. The Morgan fingerprint density at radius 1 is 1.48 bits per heavy atom. The number of amides is 1. The van der Waals surface area contributed by atoms with E-state index in [2.05, 4.69) is 10.3 Å². The van der Waals surface area contributed by atoms with Crippen LogP contribution >= 0.6 is 22.9 Å². The first-order valence-corrected chi connectivity index (χ1v) is 7.62. The van der Waals surface area contributed by atoms with Crippen LogP contribution in [-0.4, -0.2) is 32.9 Å². The molecule has 0 aromatic carbocycles. The van der Waals surface area contributed by atoms with Crippen molar-refractivity contribution < 1.29 is 14.7 Å². The summed E-state index contributed by atoms with van der Waals surface area (Å²) in [6.45, 7) is 0.449. The van der Waals surface area contributed by atoms with Crippen LogP contribution in [0, 0.1) is 0 Å². The topological polar surface area (TPSA) is 83.7 Å². The van der Waals surface area contributed by atoms with Gasteiger partial charge in [0.1, 0.15) is 0 Å². The predicted octanol–water partition coefficient (Wildman–Crippen LogP) is 2.43. The van der Waals surface area contributed by atoms with Crippen molar-refractivity contribution in [3.63, 3.8) is 0 Å². The van der Waals surface area contributed by atoms with Gasteiger partial charge in [0.25, 0.3) is 0 Å². The van der Waals surface area contributed by atoms with Crippen LogP contribution in [0.4, 0.5) is 0 Å². The van der Waals surface area contributed by atoms with Gasteiger partial charge >= 0.3 is 5.97 Å². The number of carbonyl (C=O) groups excluding carboxylic acids is 1. The van der Waals surface area contributed by atoms with Crippen LogP contribution in [0.15, 0.2) is 17.7 Å². The minimum Gasteiger partial charge on any atom is -0.481 e. The minimum atomic E-state index is -0.823. The van der Waals surface area contributed by atoms with Crippen molar-refractivity contribution in [3.05, 3.63) is 28.5 Å². The summed E-state index contributed by atoms with van der Waals surface area (Å²) in [6.07, 6.45) is 6.14. The van der Waals surface area contributed by atoms with Gasteiger partial charge in [-0.3, -0.25) is 14.0 Å². The highest BCUT2D eigenvalue weighted by Gasteiger charge is 2.08. The number of carboxylic acids is 1. The largest absolute Gasteiger partial charge is 0.481 e. The lowest BCUT2D eigenvalue weighted by Crippen LogP contribution is -2.22. The molecule has 0 fully saturated rings. The lowest BCUT2D eigenvalue weighted by atomic mass is 10.2. The first kappa shape index (κ1) is 15.5. The molecule has 21 heavy (non-hydrogen) atoms. The predicted molar refractivity (Wildman–Crippen MR) is 81.6 cm³/mol. The van der Waals surface area contributed by atoms with Gasteiger partial charge in [-0.2, -0.15) is 0 Å². The average molecular weight is 328 g/mol. The molecule has 0 atom stereocenters. The lowest BCUT2D eigenvalue weighted by molar-refractivity contribution is -0.137. The number of rotatable bonds is 7. The normalized spacial score (nSPS) is 11.3. The Morgan fingerprint density at radius 2 is 2.29 bits per heavy atom. The highest BCUT2D eigenvalue weighted by Crippen LogP contribution is 2.22. The SMILES string of the molecule is O=C(O)CCCCNC(=O)C=Cc1c(Cl)nc2sccn12. The quantitative estimate of drug-likeness (QED) is 0.604. The van der Waals surface area contributed by atoms with Gasteiger partial charge < -0.3 is 10.4 Å². The highest BCUT2D eigenvalue weighted by molar-refractivity contribution is 7.15. The molecule has 0 bridgehead atoms. The molecule has 2 heterocycles. The molecule has 0 aliphatic carbocycles. The molecule has 0 radical (unpaired) electrons. The lowest BCUT2D eigenvalue weighted by Gasteiger charge is -2.00. The van der Waals surface area contributed by atoms with Gasteiger partial charge in [0.15, 0.2) is 10.1 Å². The Hall–Kier alpha value is -1.86. The molecule has 6 nitrogen and oxygen atoms in total. The zero-order valence-corrected chi connectivity index (χ0v) is 12.7. The van der Waals surface area contributed by atoms with Crippen LogP contribution in [-0.2, 0) is 9.59 Å². The van der Waals surface area contributed by atoms with Crippen LogP contribution in [0.5, 0.6) is 0 Å². The number of hydrogen-bond donors (Lipinski definition) is 2. The number of thiazole rings is 1. The summed E-state index contributed by atoms with van der Waals surface area (Å²) in [5, 5.41) is 13.4. The molecule has 2 N–H and O–H groups in total. The Kier molecular flexibility index (Phi) is 5.35. The Labute approximate surface area is 130 Å². The molecule has 2 aromatic heterocycles. The molecule has 2 rings (SSSR count). The standard InChI is InChI=1S/C13H14ClN3O3S/c14-12-9(17-7-8-21-13(17)16-12)4-5-10(18)15-6-2-1-3-11(19)20/h4-5,7-8H,1-3,6H2,(H,15,18)(H,19,20). The summed E-state index contributed by atoms with van der Waals surface area (Å²) in [4.78, 5) is 26.9. The average Bonchev–Trinajstić information content (AvgIpc) is 2.96. The smallest absolute Gasteiger partial charge is 0.303 e. The van der Waals surface area contributed by atoms with Crippen LogP contribution in [0.25, 0.3) is 11.0 Å². The number of halogens is 1. The maximum atomic E-state index is 11.6. The van der Waals surface area contributed by atoms with Gasteiger partial charge in [-0.15, -0.1) is 11.3 Å². The number of nitrogens with zero attached hydrogens (tertiary/aromatic N) is 2. The number of hydrogen-bond acceptors (Lipinski definition) is 4. The third-order valence-corrected chi connectivity index (χ3v) is 3.80. The van der Waals surface area contributed by atoms with E-state index in [0.29, 0.717) is 30.2 Å². The van der Waals surface area contributed by atoms with E-state index in [1.54, 1.807) is 6.08 Å². The van der Waals surface area contributed by atoms with Crippen LogP contribution in [0.1, 0.15) is 25.0 Å². The van der Waals surface area contributed by atoms with Crippen molar-refractivity contribution >= 4 is 45.9 Å². The fraction of sp³-hybridized carbons (Fsp3) is 0.308. The maximum Gasteiger partial charge on any atom is 0.303 e. The number of aromatic nitrogens is 2. The molecule has 8 heteroatoms. The molecule has 0 saturated carbocycles. The van der Waals surface area contributed by atoms with Gasteiger partial charge in [0, 0.05) is 30.6 Å². The van der Waals surface area contributed by atoms with Crippen LogP contribution < -0.4 is 5.32 Å². The van der Waals surface area contributed by atoms with Crippen LogP contribution in [0.3, 0.4) is 0 Å². The summed E-state index contributed by atoms with van der Waals surface area (Å²) < 4.78 is 1.81. The Bertz CT molecular complexity index is 677. The van der Waals surface area contributed by atoms with E-state index in [1.165, 1.54) is 17.4 Å². The first-order valence-electron chi connectivity index (χ1n) is 6.36. The van der Waals surface area contributed by atoms with Gasteiger partial charge in [-0.25, -0.2) is 4.98 Å². The Morgan fingerprint density at radius 3 is 3.05 bits per heavy atom. The van der Waals surface area contributed by atoms with E-state index in [4.69, 9.17) is 16.7 Å². The van der Waals surface area contributed by atoms with Gasteiger partial charge in [-0.1, -0.05) is 11.6 Å². The van der Waals surface area contributed by atoms with Crippen molar-refractivity contribution in [2.45, 2.75) is 19.3 Å². The second kappa shape index (κ2) is 7.24. The van der Waals surface area contributed by atoms with Crippen molar-refractivity contribution in [2.24, 2.45) is 0 Å². The summed E-state index contributed by atoms with van der Waals surface area (Å²) >= 11 is 7.47. The first-order chi connectivity index (χ1) is 10.1. The highest BCUT2D eigenvalue weighted by atomic mass is 35.5. The van der Waals surface area contributed by atoms with E-state index >= 15 is 0 Å². The van der Waals surface area contributed by atoms with Gasteiger partial charge in [0.2, 0.25) is 5.91 Å². The molecule has 0 aliphatic rings. The van der Waals surface area contributed by atoms with Crippen molar-refractivity contribution in [1.29, 1.82) is 0 Å². The van der Waals surface area contributed by atoms with E-state index in [1.807, 2.05) is 16.0 Å². The monoisotopic (exact) mass is 327 g/mol. The number of aliphatic carboxylic acids is 1.